The highest BCUT2D eigenvalue weighted by Gasteiger charge is 2.42. The van der Waals surface area contributed by atoms with Crippen LogP contribution in [0, 0.1) is 5.41 Å². The summed E-state index contributed by atoms with van der Waals surface area (Å²) in [5.74, 6) is 0. The molecule has 0 radical (unpaired) electrons. The van der Waals surface area contributed by atoms with E-state index in [4.69, 9.17) is 4.74 Å². The zero-order valence-corrected chi connectivity index (χ0v) is 8.99. The Bertz CT molecular complexity index is 121. The van der Waals surface area contributed by atoms with Crippen molar-refractivity contribution in [3.63, 3.8) is 0 Å². The highest BCUT2D eigenvalue weighted by Crippen LogP contribution is 2.41. The molecule has 0 aromatic heterocycles. The van der Waals surface area contributed by atoms with Crippen LogP contribution in [-0.2, 0) is 4.74 Å². The average Bonchev–Trinajstić information content (AvgIpc) is 1.95. The molecule has 11 heavy (non-hydrogen) atoms. The third-order valence-corrected chi connectivity index (χ3v) is 4.17. The van der Waals surface area contributed by atoms with E-state index in [1.54, 1.807) is 0 Å². The van der Waals surface area contributed by atoms with Gasteiger partial charge in [0.1, 0.15) is 0 Å². The maximum Gasteiger partial charge on any atom is 0.0555 e. The van der Waals surface area contributed by atoms with Crippen LogP contribution in [-0.4, -0.2) is 18.0 Å². The van der Waals surface area contributed by atoms with Gasteiger partial charge >= 0.3 is 0 Å². The molecule has 1 aliphatic heterocycles. The summed E-state index contributed by atoms with van der Waals surface area (Å²) in [6.07, 6.45) is 3.78. The van der Waals surface area contributed by atoms with E-state index in [1.165, 1.54) is 19.3 Å². The monoisotopic (exact) mass is 220 g/mol. The molecule has 1 saturated heterocycles. The fourth-order valence-corrected chi connectivity index (χ4v) is 2.27. The highest BCUT2D eigenvalue weighted by molar-refractivity contribution is 9.09. The van der Waals surface area contributed by atoms with Crippen molar-refractivity contribution in [1.29, 1.82) is 0 Å². The first-order chi connectivity index (χ1) is 5.25. The SMILES string of the molecule is CCCC1(C(Br)CC)COC1. The molecule has 1 nitrogen and oxygen atoms in total. The summed E-state index contributed by atoms with van der Waals surface area (Å²) in [5, 5.41) is 0. The van der Waals surface area contributed by atoms with Gasteiger partial charge in [-0.15, -0.1) is 0 Å². The van der Waals surface area contributed by atoms with Crippen molar-refractivity contribution >= 4 is 15.9 Å². The van der Waals surface area contributed by atoms with Gasteiger partial charge in [-0.3, -0.25) is 0 Å². The Morgan fingerprint density at radius 1 is 1.45 bits per heavy atom. The van der Waals surface area contributed by atoms with Crippen LogP contribution in [0.1, 0.15) is 33.1 Å². The summed E-state index contributed by atoms with van der Waals surface area (Å²) < 4.78 is 5.28. The zero-order chi connectivity index (χ0) is 8.32. The molecular formula is C9H17BrO. The van der Waals surface area contributed by atoms with Crippen LogP contribution in [0.4, 0.5) is 0 Å². The minimum absolute atomic E-state index is 0.476. The molecule has 1 unspecified atom stereocenters. The van der Waals surface area contributed by atoms with E-state index in [-0.39, 0.29) is 0 Å². The summed E-state index contributed by atoms with van der Waals surface area (Å²) >= 11 is 3.73. The Kier molecular flexibility index (Phi) is 3.38. The minimum atomic E-state index is 0.476. The van der Waals surface area contributed by atoms with Crippen molar-refractivity contribution < 1.29 is 4.74 Å². The van der Waals surface area contributed by atoms with Gasteiger partial charge in [-0.2, -0.15) is 0 Å². The van der Waals surface area contributed by atoms with Gasteiger partial charge < -0.3 is 4.74 Å². The van der Waals surface area contributed by atoms with E-state index in [0.29, 0.717) is 10.2 Å². The standard InChI is InChI=1S/C9H17BrO/c1-3-5-9(6-11-7-9)8(10)4-2/h8H,3-7H2,1-2H3. The van der Waals surface area contributed by atoms with Crippen molar-refractivity contribution in [2.24, 2.45) is 5.41 Å². The maximum absolute atomic E-state index is 5.28. The van der Waals surface area contributed by atoms with Gasteiger partial charge in [-0.1, -0.05) is 36.2 Å². The number of hydrogen-bond donors (Lipinski definition) is 0. The van der Waals surface area contributed by atoms with E-state index in [9.17, 15) is 0 Å². The van der Waals surface area contributed by atoms with Crippen LogP contribution in [0.15, 0.2) is 0 Å². The predicted octanol–water partition coefficient (Wildman–Crippen LogP) is 2.98. The summed E-state index contributed by atoms with van der Waals surface area (Å²) in [5.41, 5.74) is 0.476. The third kappa shape index (κ3) is 1.78. The van der Waals surface area contributed by atoms with Crippen LogP contribution < -0.4 is 0 Å². The number of hydrogen-bond acceptors (Lipinski definition) is 1. The van der Waals surface area contributed by atoms with Crippen molar-refractivity contribution in [3.05, 3.63) is 0 Å². The first-order valence-corrected chi connectivity index (χ1v) is 5.38. The molecule has 0 saturated carbocycles. The third-order valence-electron chi connectivity index (χ3n) is 2.55. The van der Waals surface area contributed by atoms with E-state index in [0.717, 1.165) is 13.2 Å². The molecule has 1 atom stereocenters. The fraction of sp³-hybridized carbons (Fsp3) is 1.00. The van der Waals surface area contributed by atoms with Gasteiger partial charge in [-0.25, -0.2) is 0 Å². The lowest BCUT2D eigenvalue weighted by molar-refractivity contribution is -0.117. The van der Waals surface area contributed by atoms with E-state index in [2.05, 4.69) is 29.8 Å². The topological polar surface area (TPSA) is 9.23 Å². The molecule has 1 rings (SSSR count). The smallest absolute Gasteiger partial charge is 0.0555 e. The lowest BCUT2D eigenvalue weighted by Crippen LogP contribution is -2.48. The fourth-order valence-electron chi connectivity index (χ4n) is 1.78. The van der Waals surface area contributed by atoms with Crippen LogP contribution in [0.3, 0.4) is 0 Å². The second kappa shape index (κ2) is 3.90. The molecule has 0 N–H and O–H groups in total. The normalized spacial score (nSPS) is 24.3. The molecule has 1 aliphatic rings. The molecule has 2 heteroatoms. The van der Waals surface area contributed by atoms with Crippen LogP contribution in [0.2, 0.25) is 0 Å². The second-order valence-electron chi connectivity index (χ2n) is 3.48. The van der Waals surface area contributed by atoms with Crippen LogP contribution in [0.5, 0.6) is 0 Å². The molecule has 0 aromatic rings. The van der Waals surface area contributed by atoms with E-state index in [1.807, 2.05) is 0 Å². The van der Waals surface area contributed by atoms with E-state index < -0.39 is 0 Å². The van der Waals surface area contributed by atoms with Gasteiger partial charge in [-0.05, 0) is 12.8 Å². The quantitative estimate of drug-likeness (QED) is 0.663. The van der Waals surface area contributed by atoms with Gasteiger partial charge in [0.15, 0.2) is 0 Å². The average molecular weight is 221 g/mol. The van der Waals surface area contributed by atoms with Gasteiger partial charge in [0.25, 0.3) is 0 Å². The molecule has 1 heterocycles. The Labute approximate surface area is 77.6 Å². The minimum Gasteiger partial charge on any atom is -0.380 e. The molecule has 0 bridgehead atoms. The Morgan fingerprint density at radius 2 is 2.09 bits per heavy atom. The number of rotatable bonds is 4. The van der Waals surface area contributed by atoms with Crippen molar-refractivity contribution in [3.8, 4) is 0 Å². The Hall–Kier alpha value is 0.440. The van der Waals surface area contributed by atoms with Crippen molar-refractivity contribution in [2.75, 3.05) is 13.2 Å². The molecule has 0 spiro atoms. The zero-order valence-electron chi connectivity index (χ0n) is 7.40. The summed E-state index contributed by atoms with van der Waals surface area (Å²) in [4.78, 5) is 0.656. The van der Waals surface area contributed by atoms with Gasteiger partial charge in [0.05, 0.1) is 13.2 Å². The molecule has 66 valence electrons. The number of ether oxygens (including phenoxy) is 1. The summed E-state index contributed by atoms with van der Waals surface area (Å²) in [6, 6.07) is 0. The largest absolute Gasteiger partial charge is 0.380 e. The van der Waals surface area contributed by atoms with Crippen LogP contribution in [0.25, 0.3) is 0 Å². The maximum atomic E-state index is 5.28. The van der Waals surface area contributed by atoms with Gasteiger partial charge in [0.2, 0.25) is 0 Å². The second-order valence-corrected chi connectivity index (χ2v) is 4.59. The molecular weight excluding hydrogens is 204 g/mol. The van der Waals surface area contributed by atoms with Crippen molar-refractivity contribution in [1.82, 2.24) is 0 Å². The molecule has 0 aromatic carbocycles. The van der Waals surface area contributed by atoms with E-state index >= 15 is 0 Å². The molecule has 1 fully saturated rings. The summed E-state index contributed by atoms with van der Waals surface area (Å²) in [6.45, 7) is 6.40. The number of alkyl halides is 1. The first-order valence-electron chi connectivity index (χ1n) is 4.47. The number of halogens is 1. The summed E-state index contributed by atoms with van der Waals surface area (Å²) in [7, 11) is 0. The Morgan fingerprint density at radius 3 is 2.36 bits per heavy atom. The first kappa shape index (κ1) is 9.53. The molecule has 0 aliphatic carbocycles. The highest BCUT2D eigenvalue weighted by atomic mass is 79.9. The van der Waals surface area contributed by atoms with Crippen molar-refractivity contribution in [2.45, 2.75) is 37.9 Å². The van der Waals surface area contributed by atoms with Crippen LogP contribution >= 0.6 is 15.9 Å². The lowest BCUT2D eigenvalue weighted by Gasteiger charge is -2.45. The Balaban J connectivity index is 2.45. The predicted molar refractivity (Wildman–Crippen MR) is 51.2 cm³/mol. The molecule has 0 amide bonds. The lowest BCUT2D eigenvalue weighted by atomic mass is 9.77. The van der Waals surface area contributed by atoms with Gasteiger partial charge in [0, 0.05) is 10.2 Å².